The van der Waals surface area contributed by atoms with Crippen LogP contribution in [0.15, 0.2) is 97.1 Å². The number of rotatable bonds is 9. The minimum absolute atomic E-state index is 0.00395. The van der Waals surface area contributed by atoms with Crippen LogP contribution in [0.5, 0.6) is 5.75 Å². The summed E-state index contributed by atoms with van der Waals surface area (Å²) in [4.78, 5) is 12.8. The maximum atomic E-state index is 12.8. The quantitative estimate of drug-likeness (QED) is 0.291. The molecule has 0 aliphatic carbocycles. The van der Waals surface area contributed by atoms with Crippen molar-refractivity contribution in [1.82, 2.24) is 0 Å². The largest absolute Gasteiger partial charge is 0.497 e. The van der Waals surface area contributed by atoms with E-state index >= 15 is 0 Å². The van der Waals surface area contributed by atoms with E-state index in [4.69, 9.17) is 4.74 Å². The van der Waals surface area contributed by atoms with Gasteiger partial charge in [-0.05, 0) is 35.2 Å². The smallest absolute Gasteiger partial charge is 0.163 e. The molecule has 0 amide bonds. The molecule has 3 aromatic carbocycles. The van der Waals surface area contributed by atoms with Crippen molar-refractivity contribution in [2.24, 2.45) is 0 Å². The SMILES string of the molecule is CCc1ccc(/C=C/C=C/C(CC(=O)c2ccccc2)c2ccc(OC)cc2)cc1. The molecule has 2 nitrogen and oxygen atoms in total. The van der Waals surface area contributed by atoms with Crippen LogP contribution in [0.3, 0.4) is 0 Å². The topological polar surface area (TPSA) is 26.3 Å². The fraction of sp³-hybridized carbons (Fsp3) is 0.179. The maximum Gasteiger partial charge on any atom is 0.163 e. The molecule has 0 spiro atoms. The van der Waals surface area contributed by atoms with Gasteiger partial charge in [-0.25, -0.2) is 0 Å². The molecule has 1 unspecified atom stereocenters. The highest BCUT2D eigenvalue weighted by Crippen LogP contribution is 2.25. The third-order valence-electron chi connectivity index (χ3n) is 5.18. The molecule has 1 atom stereocenters. The number of carbonyl (C=O) groups is 1. The van der Waals surface area contributed by atoms with Crippen molar-refractivity contribution in [3.63, 3.8) is 0 Å². The van der Waals surface area contributed by atoms with Gasteiger partial charge in [0, 0.05) is 17.9 Å². The molecule has 0 radical (unpaired) electrons. The van der Waals surface area contributed by atoms with E-state index in [1.165, 1.54) is 11.1 Å². The summed E-state index contributed by atoms with van der Waals surface area (Å²) in [6.07, 6.45) is 9.71. The van der Waals surface area contributed by atoms with Crippen LogP contribution >= 0.6 is 0 Å². The molecule has 152 valence electrons. The van der Waals surface area contributed by atoms with Crippen molar-refractivity contribution >= 4 is 11.9 Å². The predicted molar refractivity (Wildman–Crippen MR) is 125 cm³/mol. The number of aryl methyl sites for hydroxylation is 1. The number of hydrogen-bond acceptors (Lipinski definition) is 2. The highest BCUT2D eigenvalue weighted by Gasteiger charge is 2.15. The highest BCUT2D eigenvalue weighted by atomic mass is 16.5. The third-order valence-corrected chi connectivity index (χ3v) is 5.18. The first-order chi connectivity index (χ1) is 14.7. The van der Waals surface area contributed by atoms with Crippen LogP contribution in [0.1, 0.15) is 46.3 Å². The summed E-state index contributed by atoms with van der Waals surface area (Å²) in [7, 11) is 1.66. The third kappa shape index (κ3) is 6.05. The summed E-state index contributed by atoms with van der Waals surface area (Å²) >= 11 is 0. The van der Waals surface area contributed by atoms with Gasteiger partial charge in [-0.1, -0.05) is 98.0 Å². The normalized spacial score (nSPS) is 12.3. The summed E-state index contributed by atoms with van der Waals surface area (Å²) in [6.45, 7) is 2.16. The zero-order valence-corrected chi connectivity index (χ0v) is 17.6. The Morgan fingerprint density at radius 2 is 1.60 bits per heavy atom. The number of hydrogen-bond donors (Lipinski definition) is 0. The molecule has 0 aliphatic heterocycles. The van der Waals surface area contributed by atoms with Crippen LogP contribution in [-0.2, 0) is 6.42 Å². The molecule has 0 saturated heterocycles. The number of ketones is 1. The molecule has 0 N–H and O–H groups in total. The zero-order chi connectivity index (χ0) is 21.2. The lowest BCUT2D eigenvalue weighted by molar-refractivity contribution is 0.0978. The van der Waals surface area contributed by atoms with Crippen molar-refractivity contribution in [2.45, 2.75) is 25.7 Å². The van der Waals surface area contributed by atoms with Crippen LogP contribution in [0, 0.1) is 0 Å². The average Bonchev–Trinajstić information content (AvgIpc) is 2.82. The van der Waals surface area contributed by atoms with Gasteiger partial charge in [-0.2, -0.15) is 0 Å². The minimum atomic E-state index is -0.00395. The van der Waals surface area contributed by atoms with Crippen LogP contribution < -0.4 is 4.74 Å². The Morgan fingerprint density at radius 3 is 2.23 bits per heavy atom. The Hall–Kier alpha value is -3.39. The van der Waals surface area contributed by atoms with Gasteiger partial charge in [0.05, 0.1) is 7.11 Å². The summed E-state index contributed by atoms with van der Waals surface area (Å²) in [5, 5.41) is 0. The van der Waals surface area contributed by atoms with Gasteiger partial charge in [0.15, 0.2) is 5.78 Å². The number of methoxy groups -OCH3 is 1. The second-order valence-corrected chi connectivity index (χ2v) is 7.21. The van der Waals surface area contributed by atoms with Gasteiger partial charge < -0.3 is 4.74 Å². The fourth-order valence-electron chi connectivity index (χ4n) is 3.32. The summed E-state index contributed by atoms with van der Waals surface area (Å²) in [5.41, 5.74) is 4.34. The molecule has 3 aromatic rings. The highest BCUT2D eigenvalue weighted by molar-refractivity contribution is 5.96. The first kappa shape index (κ1) is 21.3. The van der Waals surface area contributed by atoms with Crippen molar-refractivity contribution in [3.8, 4) is 5.75 Å². The fourth-order valence-corrected chi connectivity index (χ4v) is 3.32. The molecule has 0 aromatic heterocycles. The second-order valence-electron chi connectivity index (χ2n) is 7.21. The summed E-state index contributed by atoms with van der Waals surface area (Å²) in [5.74, 6) is 0.946. The lowest BCUT2D eigenvalue weighted by atomic mass is 9.91. The van der Waals surface area contributed by atoms with Crippen molar-refractivity contribution in [3.05, 3.63) is 119 Å². The van der Waals surface area contributed by atoms with E-state index in [1.807, 2.05) is 66.7 Å². The molecular formula is C28H28O2. The Morgan fingerprint density at radius 1 is 0.900 bits per heavy atom. The molecular weight excluding hydrogens is 368 g/mol. The van der Waals surface area contributed by atoms with Gasteiger partial charge >= 0.3 is 0 Å². The van der Waals surface area contributed by atoms with Crippen molar-refractivity contribution in [1.29, 1.82) is 0 Å². The van der Waals surface area contributed by atoms with E-state index in [0.717, 1.165) is 23.3 Å². The molecule has 2 heteroatoms. The van der Waals surface area contributed by atoms with Gasteiger partial charge in [0.1, 0.15) is 5.75 Å². The summed E-state index contributed by atoms with van der Waals surface area (Å²) < 4.78 is 5.27. The van der Waals surface area contributed by atoms with E-state index in [0.29, 0.717) is 6.42 Å². The predicted octanol–water partition coefficient (Wildman–Crippen LogP) is 6.88. The van der Waals surface area contributed by atoms with Gasteiger partial charge in [0.2, 0.25) is 0 Å². The van der Waals surface area contributed by atoms with E-state index in [2.05, 4.69) is 43.3 Å². The molecule has 0 fully saturated rings. The Balaban J connectivity index is 1.76. The van der Waals surface area contributed by atoms with E-state index in [1.54, 1.807) is 7.11 Å². The standard InChI is InChI=1S/C28H28O2/c1-3-22-13-15-23(16-14-22)9-7-8-12-26(24-17-19-27(30-2)20-18-24)21-28(29)25-10-5-4-6-11-25/h4-20,26H,3,21H2,1-2H3/b9-7+,12-8+. The molecule has 0 bridgehead atoms. The van der Waals surface area contributed by atoms with Crippen molar-refractivity contribution in [2.75, 3.05) is 7.11 Å². The summed E-state index contributed by atoms with van der Waals surface area (Å²) in [6, 6.07) is 26.0. The van der Waals surface area contributed by atoms with Crippen LogP contribution in [0.25, 0.3) is 6.08 Å². The van der Waals surface area contributed by atoms with Gasteiger partial charge in [-0.3, -0.25) is 4.79 Å². The van der Waals surface area contributed by atoms with Gasteiger partial charge in [-0.15, -0.1) is 0 Å². The molecule has 3 rings (SSSR count). The average molecular weight is 397 g/mol. The molecule has 0 aliphatic rings. The zero-order valence-electron chi connectivity index (χ0n) is 17.6. The first-order valence-electron chi connectivity index (χ1n) is 10.4. The minimum Gasteiger partial charge on any atom is -0.497 e. The lowest BCUT2D eigenvalue weighted by Crippen LogP contribution is -2.06. The number of allylic oxidation sites excluding steroid dienone is 3. The number of ether oxygens (including phenoxy) is 1. The maximum absolute atomic E-state index is 12.8. The van der Waals surface area contributed by atoms with E-state index < -0.39 is 0 Å². The van der Waals surface area contributed by atoms with Crippen molar-refractivity contribution < 1.29 is 9.53 Å². The molecule has 0 saturated carbocycles. The van der Waals surface area contributed by atoms with Crippen LogP contribution in [-0.4, -0.2) is 12.9 Å². The van der Waals surface area contributed by atoms with Gasteiger partial charge in [0.25, 0.3) is 0 Å². The Kier molecular flexibility index (Phi) is 7.79. The molecule has 0 heterocycles. The second kappa shape index (κ2) is 11.0. The van der Waals surface area contributed by atoms with Crippen LogP contribution in [0.4, 0.5) is 0 Å². The van der Waals surface area contributed by atoms with E-state index in [9.17, 15) is 4.79 Å². The number of carbonyl (C=O) groups excluding carboxylic acids is 1. The Labute approximate surface area is 179 Å². The Bertz CT molecular complexity index is 981. The molecule has 30 heavy (non-hydrogen) atoms. The number of benzene rings is 3. The lowest BCUT2D eigenvalue weighted by Gasteiger charge is -2.13. The van der Waals surface area contributed by atoms with E-state index in [-0.39, 0.29) is 11.7 Å². The first-order valence-corrected chi connectivity index (χ1v) is 10.4. The monoisotopic (exact) mass is 396 g/mol. The number of Topliss-reactive ketones (excluding diaryl/α,β-unsaturated/α-hetero) is 1. The van der Waals surface area contributed by atoms with Crippen LogP contribution in [0.2, 0.25) is 0 Å².